The third kappa shape index (κ3) is 5.24. The number of benzene rings is 1. The van der Waals surface area contributed by atoms with Crippen LogP contribution < -0.4 is 14.2 Å². The van der Waals surface area contributed by atoms with Crippen molar-refractivity contribution >= 4 is 5.71 Å². The molecular formula is C25H36N2O4. The summed E-state index contributed by atoms with van der Waals surface area (Å²) >= 11 is 0. The van der Waals surface area contributed by atoms with Crippen LogP contribution in [-0.2, 0) is 6.42 Å². The highest BCUT2D eigenvalue weighted by Gasteiger charge is 2.35. The van der Waals surface area contributed by atoms with Gasteiger partial charge in [-0.1, -0.05) is 28.5 Å². The Kier molecular flexibility index (Phi) is 7.65. The molecule has 0 saturated carbocycles. The van der Waals surface area contributed by atoms with Crippen LogP contribution in [0.25, 0.3) is 0 Å². The Bertz CT molecular complexity index is 860. The Balaban J connectivity index is 1.96. The summed E-state index contributed by atoms with van der Waals surface area (Å²) in [5.41, 5.74) is 5.69. The molecule has 2 aliphatic heterocycles. The van der Waals surface area contributed by atoms with Gasteiger partial charge in [0.2, 0.25) is 12.5 Å². The van der Waals surface area contributed by atoms with E-state index < -0.39 is 0 Å². The van der Waals surface area contributed by atoms with Gasteiger partial charge in [-0.3, -0.25) is 4.90 Å². The summed E-state index contributed by atoms with van der Waals surface area (Å²) in [7, 11) is 3.80. The van der Waals surface area contributed by atoms with E-state index in [1.807, 2.05) is 0 Å². The molecule has 1 N–H and O–H groups in total. The molecule has 2 heterocycles. The van der Waals surface area contributed by atoms with Gasteiger partial charge in [-0.05, 0) is 65.6 Å². The maximum absolute atomic E-state index is 10.0. The molecule has 0 spiro atoms. The molecule has 1 atom stereocenters. The number of oxime groups is 1. The first kappa shape index (κ1) is 23.2. The molecule has 0 unspecified atom stereocenters. The van der Waals surface area contributed by atoms with Crippen LogP contribution in [0.4, 0.5) is 0 Å². The average Bonchev–Trinajstić information content (AvgIpc) is 3.20. The van der Waals surface area contributed by atoms with Crippen LogP contribution in [0.15, 0.2) is 34.5 Å². The van der Waals surface area contributed by atoms with Gasteiger partial charge in [0.1, 0.15) is 0 Å². The van der Waals surface area contributed by atoms with Crippen LogP contribution in [-0.4, -0.2) is 43.3 Å². The van der Waals surface area contributed by atoms with Crippen molar-refractivity contribution in [1.29, 1.82) is 0 Å². The summed E-state index contributed by atoms with van der Waals surface area (Å²) < 4.78 is 17.2. The minimum Gasteiger partial charge on any atom is -0.492 e. The first-order valence-electron chi connectivity index (χ1n) is 11.0. The van der Waals surface area contributed by atoms with E-state index in [-0.39, 0.29) is 18.8 Å². The summed E-state index contributed by atoms with van der Waals surface area (Å²) in [6, 6.07) is 2.12. The van der Waals surface area contributed by atoms with Gasteiger partial charge in [-0.15, -0.1) is 0 Å². The standard InChI is InChI=1S/C25H36N2O4/c1-16(2)7-9-18(10-8-17(3)4)20(26-28)14-21-23-19(11-12-27(21)5)13-22-24(25(23)29-6)31-15-30-22/h7-8,13,18,21,28H,9-12,14-15H2,1-6H3/b26-20+/t21-/m1/s1. The first-order chi connectivity index (χ1) is 14.8. The van der Waals surface area contributed by atoms with E-state index in [1.165, 1.54) is 16.7 Å². The van der Waals surface area contributed by atoms with Crippen molar-refractivity contribution < 1.29 is 19.4 Å². The number of hydrogen-bond donors (Lipinski definition) is 1. The minimum absolute atomic E-state index is 0.0417. The van der Waals surface area contributed by atoms with E-state index in [4.69, 9.17) is 14.2 Å². The molecule has 170 valence electrons. The van der Waals surface area contributed by atoms with E-state index in [9.17, 15) is 5.21 Å². The highest BCUT2D eigenvalue weighted by atomic mass is 16.7. The third-order valence-corrected chi connectivity index (χ3v) is 6.17. The molecule has 0 radical (unpaired) electrons. The second-order valence-corrected chi connectivity index (χ2v) is 8.99. The fourth-order valence-electron chi connectivity index (χ4n) is 4.39. The summed E-state index contributed by atoms with van der Waals surface area (Å²) in [4.78, 5) is 2.32. The maximum Gasteiger partial charge on any atom is 0.231 e. The molecule has 2 aliphatic rings. The molecule has 6 nitrogen and oxygen atoms in total. The van der Waals surface area contributed by atoms with Gasteiger partial charge < -0.3 is 19.4 Å². The summed E-state index contributed by atoms with van der Waals surface area (Å²) in [6.07, 6.45) is 7.71. The maximum atomic E-state index is 10.0. The number of fused-ring (bicyclic) bond motifs is 2. The zero-order chi connectivity index (χ0) is 22.5. The monoisotopic (exact) mass is 428 g/mol. The topological polar surface area (TPSA) is 63.5 Å². The van der Waals surface area contributed by atoms with Gasteiger partial charge >= 0.3 is 0 Å². The number of ether oxygens (including phenoxy) is 3. The molecule has 0 fully saturated rings. The molecule has 0 amide bonds. The molecule has 1 aromatic carbocycles. The van der Waals surface area contributed by atoms with Crippen molar-refractivity contribution in [1.82, 2.24) is 4.90 Å². The normalized spacial score (nSPS) is 18.0. The van der Waals surface area contributed by atoms with Gasteiger partial charge in [-0.2, -0.15) is 0 Å². The lowest BCUT2D eigenvalue weighted by Gasteiger charge is -2.36. The van der Waals surface area contributed by atoms with Crippen molar-refractivity contribution in [2.75, 3.05) is 27.5 Å². The molecule has 1 aromatic rings. The number of methoxy groups -OCH3 is 1. The second kappa shape index (κ2) is 10.2. The minimum atomic E-state index is 0.0417. The smallest absolute Gasteiger partial charge is 0.231 e. The van der Waals surface area contributed by atoms with E-state index in [1.54, 1.807) is 7.11 Å². The molecule has 31 heavy (non-hydrogen) atoms. The molecule has 6 heteroatoms. The Morgan fingerprint density at radius 3 is 2.48 bits per heavy atom. The van der Waals surface area contributed by atoms with Crippen LogP contribution >= 0.6 is 0 Å². The van der Waals surface area contributed by atoms with E-state index >= 15 is 0 Å². The van der Waals surface area contributed by atoms with Crippen LogP contribution in [0.1, 0.15) is 64.1 Å². The number of nitrogens with zero attached hydrogens (tertiary/aromatic N) is 2. The fraction of sp³-hybridized carbons (Fsp3) is 0.560. The largest absolute Gasteiger partial charge is 0.492 e. The molecular weight excluding hydrogens is 392 g/mol. The quantitative estimate of drug-likeness (QED) is 0.256. The van der Waals surface area contributed by atoms with Crippen LogP contribution in [0.3, 0.4) is 0 Å². The van der Waals surface area contributed by atoms with Crippen molar-refractivity contribution in [3.8, 4) is 17.2 Å². The van der Waals surface area contributed by atoms with Crippen molar-refractivity contribution in [2.24, 2.45) is 11.1 Å². The number of rotatable bonds is 8. The predicted molar refractivity (Wildman–Crippen MR) is 124 cm³/mol. The number of allylic oxidation sites excluding steroid dienone is 4. The molecule has 0 aromatic heterocycles. The van der Waals surface area contributed by atoms with Gasteiger partial charge in [0, 0.05) is 30.5 Å². The molecule has 0 bridgehead atoms. The van der Waals surface area contributed by atoms with E-state index in [0.29, 0.717) is 12.2 Å². The highest BCUT2D eigenvalue weighted by Crippen LogP contribution is 2.50. The summed E-state index contributed by atoms with van der Waals surface area (Å²) in [6.45, 7) is 9.55. The van der Waals surface area contributed by atoms with E-state index in [2.05, 4.69) is 63.0 Å². The van der Waals surface area contributed by atoms with Crippen molar-refractivity contribution in [3.63, 3.8) is 0 Å². The lowest BCUT2D eigenvalue weighted by Crippen LogP contribution is -2.35. The van der Waals surface area contributed by atoms with Crippen LogP contribution in [0.5, 0.6) is 17.2 Å². The zero-order valence-electron chi connectivity index (χ0n) is 19.7. The highest BCUT2D eigenvalue weighted by molar-refractivity contribution is 5.87. The van der Waals surface area contributed by atoms with Crippen LogP contribution in [0, 0.1) is 5.92 Å². The van der Waals surface area contributed by atoms with E-state index in [0.717, 1.165) is 48.6 Å². The second-order valence-electron chi connectivity index (χ2n) is 8.99. The zero-order valence-corrected chi connectivity index (χ0v) is 19.7. The van der Waals surface area contributed by atoms with Gasteiger partial charge in [0.25, 0.3) is 0 Å². The predicted octanol–water partition coefficient (Wildman–Crippen LogP) is 5.50. The molecule has 0 saturated heterocycles. The SMILES string of the molecule is COc1c2c(cc3c1[C@@H](C/C(=N\O)C(CC=C(C)C)CC=C(C)C)N(C)CC3)OCO2. The summed E-state index contributed by atoms with van der Waals surface area (Å²) in [5.74, 6) is 2.31. The lowest BCUT2D eigenvalue weighted by atomic mass is 9.84. The van der Waals surface area contributed by atoms with Gasteiger partial charge in [-0.25, -0.2) is 0 Å². The average molecular weight is 429 g/mol. The number of hydrogen-bond acceptors (Lipinski definition) is 6. The Morgan fingerprint density at radius 2 is 1.90 bits per heavy atom. The Labute approximate surface area is 186 Å². The van der Waals surface area contributed by atoms with Gasteiger partial charge in [0.15, 0.2) is 11.5 Å². The molecule has 0 aliphatic carbocycles. The van der Waals surface area contributed by atoms with Crippen molar-refractivity contribution in [2.45, 2.75) is 59.4 Å². The first-order valence-corrected chi connectivity index (χ1v) is 11.0. The number of likely N-dealkylation sites (N-methyl/N-ethyl adjacent to an activating group) is 1. The lowest BCUT2D eigenvalue weighted by molar-refractivity contribution is 0.170. The fourth-order valence-corrected chi connectivity index (χ4v) is 4.39. The summed E-state index contributed by atoms with van der Waals surface area (Å²) in [5, 5.41) is 13.8. The van der Waals surface area contributed by atoms with Crippen LogP contribution in [0.2, 0.25) is 0 Å². The third-order valence-electron chi connectivity index (χ3n) is 6.17. The van der Waals surface area contributed by atoms with Gasteiger partial charge in [0.05, 0.1) is 12.8 Å². The molecule has 3 rings (SSSR count). The Morgan fingerprint density at radius 1 is 1.23 bits per heavy atom. The van der Waals surface area contributed by atoms with Crippen molar-refractivity contribution in [3.05, 3.63) is 40.5 Å². The Hall–Kier alpha value is -2.47.